The molecule has 5 heteroatoms. The Morgan fingerprint density at radius 1 is 1.58 bits per heavy atom. The number of aromatic nitrogens is 3. The summed E-state index contributed by atoms with van der Waals surface area (Å²) in [7, 11) is 0. The van der Waals surface area contributed by atoms with Crippen molar-refractivity contribution in [3.8, 4) is 0 Å². The summed E-state index contributed by atoms with van der Waals surface area (Å²) < 4.78 is 14.1. The van der Waals surface area contributed by atoms with Crippen molar-refractivity contribution in [2.24, 2.45) is 0 Å². The number of hydrogen-bond acceptors (Lipinski definition) is 3. The van der Waals surface area contributed by atoms with Crippen molar-refractivity contribution >= 4 is 11.3 Å². The molecular weight excluding hydrogens is 159 g/mol. The SMILES string of the molecule is Cc1nc2c(N)cc(F)cn2n1. The summed E-state index contributed by atoms with van der Waals surface area (Å²) in [5.74, 6) is 0.164. The second-order valence-electron chi connectivity index (χ2n) is 2.54. The van der Waals surface area contributed by atoms with E-state index in [0.29, 0.717) is 17.2 Å². The Balaban J connectivity index is 2.88. The third kappa shape index (κ3) is 0.903. The first kappa shape index (κ1) is 7.02. The van der Waals surface area contributed by atoms with Crippen LogP contribution in [0.15, 0.2) is 12.3 Å². The lowest BCUT2D eigenvalue weighted by molar-refractivity contribution is 0.615. The van der Waals surface area contributed by atoms with E-state index in [9.17, 15) is 4.39 Å². The van der Waals surface area contributed by atoms with E-state index in [1.165, 1.54) is 16.8 Å². The maximum absolute atomic E-state index is 12.7. The van der Waals surface area contributed by atoms with Crippen LogP contribution in [0.1, 0.15) is 5.82 Å². The molecule has 2 N–H and O–H groups in total. The van der Waals surface area contributed by atoms with Crippen LogP contribution >= 0.6 is 0 Å². The molecule has 0 bridgehead atoms. The first-order valence-corrected chi connectivity index (χ1v) is 3.45. The molecule has 0 aliphatic heterocycles. The number of rotatable bonds is 0. The molecule has 2 aromatic rings. The number of nitrogen functional groups attached to an aromatic ring is 1. The van der Waals surface area contributed by atoms with Crippen molar-refractivity contribution in [3.63, 3.8) is 0 Å². The van der Waals surface area contributed by atoms with E-state index in [4.69, 9.17) is 5.73 Å². The maximum Gasteiger partial charge on any atom is 0.178 e. The first-order valence-electron chi connectivity index (χ1n) is 3.45. The molecule has 0 aromatic carbocycles. The molecule has 2 rings (SSSR count). The number of nitrogens with zero attached hydrogens (tertiary/aromatic N) is 3. The van der Waals surface area contributed by atoms with Crippen molar-refractivity contribution in [3.05, 3.63) is 23.9 Å². The lowest BCUT2D eigenvalue weighted by Gasteiger charge is -1.95. The third-order valence-electron chi connectivity index (χ3n) is 1.53. The van der Waals surface area contributed by atoms with Crippen LogP contribution in [0.2, 0.25) is 0 Å². The summed E-state index contributed by atoms with van der Waals surface area (Å²) in [5.41, 5.74) is 6.30. The monoisotopic (exact) mass is 166 g/mol. The molecule has 0 saturated heterocycles. The highest BCUT2D eigenvalue weighted by Crippen LogP contribution is 2.12. The molecule has 0 amide bonds. The fourth-order valence-electron chi connectivity index (χ4n) is 1.08. The molecule has 12 heavy (non-hydrogen) atoms. The Morgan fingerprint density at radius 3 is 3.08 bits per heavy atom. The smallest absolute Gasteiger partial charge is 0.178 e. The zero-order chi connectivity index (χ0) is 8.72. The molecule has 0 aliphatic rings. The molecule has 0 unspecified atom stereocenters. The lowest BCUT2D eigenvalue weighted by atomic mass is 10.4. The molecule has 0 atom stereocenters. The van der Waals surface area contributed by atoms with Gasteiger partial charge in [-0.15, -0.1) is 0 Å². The summed E-state index contributed by atoms with van der Waals surface area (Å²) in [5, 5.41) is 3.92. The van der Waals surface area contributed by atoms with Gasteiger partial charge in [-0.05, 0) is 6.92 Å². The molecule has 2 aromatic heterocycles. The van der Waals surface area contributed by atoms with E-state index in [-0.39, 0.29) is 0 Å². The Kier molecular flexibility index (Phi) is 1.27. The average molecular weight is 166 g/mol. The summed E-state index contributed by atoms with van der Waals surface area (Å²) in [6, 6.07) is 1.23. The molecule has 0 radical (unpaired) electrons. The normalized spacial score (nSPS) is 10.8. The molecule has 0 aliphatic carbocycles. The summed E-state index contributed by atoms with van der Waals surface area (Å²) in [4.78, 5) is 4.01. The van der Waals surface area contributed by atoms with Crippen molar-refractivity contribution in [1.82, 2.24) is 14.6 Å². The van der Waals surface area contributed by atoms with Crippen molar-refractivity contribution in [2.45, 2.75) is 6.92 Å². The molecule has 0 spiro atoms. The number of aryl methyl sites for hydroxylation is 1. The minimum atomic E-state index is -0.412. The number of nitrogens with two attached hydrogens (primary N) is 1. The first-order chi connectivity index (χ1) is 5.66. The van der Waals surface area contributed by atoms with Crippen LogP contribution < -0.4 is 5.73 Å². The van der Waals surface area contributed by atoms with E-state index in [0.717, 1.165) is 0 Å². The quantitative estimate of drug-likeness (QED) is 0.628. The van der Waals surface area contributed by atoms with E-state index in [1.54, 1.807) is 6.92 Å². The van der Waals surface area contributed by atoms with E-state index >= 15 is 0 Å². The topological polar surface area (TPSA) is 56.2 Å². The van der Waals surface area contributed by atoms with E-state index in [1.807, 2.05) is 0 Å². The standard InChI is InChI=1S/C7H7FN4/c1-4-10-7-6(9)2-5(8)3-12(7)11-4/h2-3H,9H2,1H3. The maximum atomic E-state index is 12.7. The van der Waals surface area contributed by atoms with Crippen molar-refractivity contribution < 1.29 is 4.39 Å². The largest absolute Gasteiger partial charge is 0.396 e. The van der Waals surface area contributed by atoms with Crippen LogP contribution in [0, 0.1) is 12.7 Å². The second kappa shape index (κ2) is 2.17. The zero-order valence-electron chi connectivity index (χ0n) is 6.45. The van der Waals surface area contributed by atoms with Crippen molar-refractivity contribution in [1.29, 1.82) is 0 Å². The van der Waals surface area contributed by atoms with Gasteiger partial charge in [0.2, 0.25) is 0 Å². The van der Waals surface area contributed by atoms with Crippen LogP contribution in [0.4, 0.5) is 10.1 Å². The minimum absolute atomic E-state index is 0.301. The molecular formula is C7H7FN4. The highest BCUT2D eigenvalue weighted by atomic mass is 19.1. The van der Waals surface area contributed by atoms with Crippen LogP contribution in [0.25, 0.3) is 5.65 Å². The van der Waals surface area contributed by atoms with Crippen molar-refractivity contribution in [2.75, 3.05) is 5.73 Å². The van der Waals surface area contributed by atoms with Gasteiger partial charge in [-0.3, -0.25) is 0 Å². The Bertz CT molecular complexity index is 434. The molecule has 62 valence electrons. The van der Waals surface area contributed by atoms with Gasteiger partial charge in [0.15, 0.2) is 5.65 Å². The van der Waals surface area contributed by atoms with Crippen LogP contribution in [-0.2, 0) is 0 Å². The Morgan fingerprint density at radius 2 is 2.33 bits per heavy atom. The lowest BCUT2D eigenvalue weighted by Crippen LogP contribution is -1.95. The summed E-state index contributed by atoms with van der Waals surface area (Å²) in [6.07, 6.45) is 1.24. The number of hydrogen-bond donors (Lipinski definition) is 1. The Labute approximate surface area is 67.8 Å². The number of anilines is 1. The fraction of sp³-hybridized carbons (Fsp3) is 0.143. The van der Waals surface area contributed by atoms with Crippen LogP contribution in [0.5, 0.6) is 0 Å². The van der Waals surface area contributed by atoms with Gasteiger partial charge >= 0.3 is 0 Å². The van der Waals surface area contributed by atoms with Gasteiger partial charge in [0.05, 0.1) is 11.9 Å². The van der Waals surface area contributed by atoms with Crippen LogP contribution in [-0.4, -0.2) is 14.6 Å². The van der Waals surface area contributed by atoms with Gasteiger partial charge in [0, 0.05) is 6.07 Å². The highest BCUT2D eigenvalue weighted by molar-refractivity contribution is 5.63. The number of halogens is 1. The molecule has 0 saturated carbocycles. The van der Waals surface area contributed by atoms with Gasteiger partial charge in [-0.1, -0.05) is 0 Å². The van der Waals surface area contributed by atoms with E-state index in [2.05, 4.69) is 10.1 Å². The second-order valence-corrected chi connectivity index (χ2v) is 2.54. The van der Waals surface area contributed by atoms with Gasteiger partial charge in [0.25, 0.3) is 0 Å². The van der Waals surface area contributed by atoms with Crippen LogP contribution in [0.3, 0.4) is 0 Å². The highest BCUT2D eigenvalue weighted by Gasteiger charge is 2.04. The third-order valence-corrected chi connectivity index (χ3v) is 1.53. The zero-order valence-corrected chi connectivity index (χ0v) is 6.45. The number of fused-ring (bicyclic) bond motifs is 1. The summed E-state index contributed by atoms with van der Waals surface area (Å²) >= 11 is 0. The predicted octanol–water partition coefficient (Wildman–Crippen LogP) is 0.759. The summed E-state index contributed by atoms with van der Waals surface area (Å²) in [6.45, 7) is 1.73. The minimum Gasteiger partial charge on any atom is -0.396 e. The predicted molar refractivity (Wildman–Crippen MR) is 42.1 cm³/mol. The fourth-order valence-corrected chi connectivity index (χ4v) is 1.08. The number of pyridine rings is 1. The molecule has 4 nitrogen and oxygen atoms in total. The average Bonchev–Trinajstić information content (AvgIpc) is 2.29. The van der Waals surface area contributed by atoms with Gasteiger partial charge in [-0.2, -0.15) is 5.10 Å². The van der Waals surface area contributed by atoms with Gasteiger partial charge in [-0.25, -0.2) is 13.9 Å². The van der Waals surface area contributed by atoms with E-state index < -0.39 is 5.82 Å². The molecule has 2 heterocycles. The molecule has 0 fully saturated rings. The Hall–Kier alpha value is -1.65. The van der Waals surface area contributed by atoms with Gasteiger partial charge < -0.3 is 5.73 Å². The van der Waals surface area contributed by atoms with Gasteiger partial charge in [0.1, 0.15) is 11.6 Å².